The van der Waals surface area contributed by atoms with Gasteiger partial charge in [-0.1, -0.05) is 0 Å². The molecule has 0 aromatic heterocycles. The van der Waals surface area contributed by atoms with E-state index in [0.29, 0.717) is 6.41 Å². The molecule has 128 valence electrons. The van der Waals surface area contributed by atoms with Crippen molar-refractivity contribution >= 4 is 12.4 Å². The fourth-order valence-corrected chi connectivity index (χ4v) is 2.34. The van der Waals surface area contributed by atoms with Crippen LogP contribution in [0.15, 0.2) is 0 Å². The predicted octanol–water partition coefficient (Wildman–Crippen LogP) is -1.16. The van der Waals surface area contributed by atoms with Crippen LogP contribution in [0.3, 0.4) is 0 Å². The lowest BCUT2D eigenvalue weighted by molar-refractivity contribution is -0.133. The minimum atomic E-state index is -0.616. The third-order valence-electron chi connectivity index (χ3n) is 3.16. The Morgan fingerprint density at radius 3 is 2.23 bits per heavy atom. The first-order valence-corrected chi connectivity index (χ1v) is 6.63. The summed E-state index contributed by atoms with van der Waals surface area (Å²) in [5.41, 5.74) is 0. The molecule has 0 spiro atoms. The first-order valence-electron chi connectivity index (χ1n) is 6.63. The zero-order valence-electron chi connectivity index (χ0n) is 13.4. The van der Waals surface area contributed by atoms with Crippen molar-refractivity contribution in [3.8, 4) is 0 Å². The first kappa shape index (κ1) is 18.6. The van der Waals surface area contributed by atoms with E-state index in [9.17, 15) is 9.59 Å². The van der Waals surface area contributed by atoms with Crippen LogP contribution in [0.25, 0.3) is 0 Å². The highest BCUT2D eigenvalue weighted by Crippen LogP contribution is 2.23. The molecule has 1 heterocycles. The maximum absolute atomic E-state index is 12.5. The summed E-state index contributed by atoms with van der Waals surface area (Å²) in [5, 5.41) is 3.06. The van der Waals surface area contributed by atoms with Crippen molar-refractivity contribution in [2.24, 2.45) is 0 Å². The molecular formula is C12H24N4O6. The minimum Gasteiger partial charge on any atom is -0.369 e. The van der Waals surface area contributed by atoms with Crippen molar-refractivity contribution < 1.29 is 28.5 Å². The lowest BCUT2D eigenvalue weighted by atomic mass is 10.3. The third kappa shape index (κ3) is 4.05. The van der Waals surface area contributed by atoms with Crippen molar-refractivity contribution in [1.29, 1.82) is 0 Å². The van der Waals surface area contributed by atoms with Crippen LogP contribution in [0.1, 0.15) is 0 Å². The Balaban J connectivity index is 3.08. The molecule has 0 saturated carbocycles. The number of carbonyl (C=O) groups is 2. The van der Waals surface area contributed by atoms with Crippen LogP contribution in [0.4, 0.5) is 4.79 Å². The second kappa shape index (κ2) is 9.54. The summed E-state index contributed by atoms with van der Waals surface area (Å²) in [6.07, 6.45) is -0.514. The van der Waals surface area contributed by atoms with E-state index in [2.05, 4.69) is 5.32 Å². The number of amides is 3. The molecule has 1 aliphatic rings. The molecular weight excluding hydrogens is 296 g/mol. The monoisotopic (exact) mass is 320 g/mol. The summed E-state index contributed by atoms with van der Waals surface area (Å²) >= 11 is 0. The van der Waals surface area contributed by atoms with E-state index in [1.165, 1.54) is 43.1 Å². The van der Waals surface area contributed by atoms with Gasteiger partial charge in [-0.05, 0) is 0 Å². The number of ether oxygens (including phenoxy) is 4. The number of hydrogen-bond donors (Lipinski definition) is 1. The van der Waals surface area contributed by atoms with E-state index in [4.69, 9.17) is 18.9 Å². The maximum atomic E-state index is 12.5. The summed E-state index contributed by atoms with van der Waals surface area (Å²) in [5.74, 6) is 0. The number of hydrogen-bond acceptors (Lipinski definition) is 7. The van der Waals surface area contributed by atoms with E-state index in [0.717, 1.165) is 0 Å². The molecule has 0 aliphatic carbocycles. The van der Waals surface area contributed by atoms with Crippen molar-refractivity contribution in [2.75, 3.05) is 55.4 Å². The average molecular weight is 320 g/mol. The average Bonchev–Trinajstić information content (AvgIpc) is 2.77. The van der Waals surface area contributed by atoms with Gasteiger partial charge in [0, 0.05) is 28.4 Å². The summed E-state index contributed by atoms with van der Waals surface area (Å²) in [7, 11) is 5.96. The van der Waals surface area contributed by atoms with Gasteiger partial charge in [-0.15, -0.1) is 0 Å². The second-order valence-corrected chi connectivity index (χ2v) is 4.59. The summed E-state index contributed by atoms with van der Waals surface area (Å²) < 4.78 is 20.2. The van der Waals surface area contributed by atoms with E-state index in [1.54, 1.807) is 0 Å². The van der Waals surface area contributed by atoms with Crippen molar-refractivity contribution in [3.05, 3.63) is 0 Å². The second-order valence-electron chi connectivity index (χ2n) is 4.59. The van der Waals surface area contributed by atoms with Crippen molar-refractivity contribution in [3.63, 3.8) is 0 Å². The van der Waals surface area contributed by atoms with Crippen LogP contribution in [-0.2, 0) is 23.7 Å². The standard InChI is InChI=1S/C12H24N4O6/c1-19-5-13-10-11(14(6-17)7-20-2)16(9-22-4)12(18)15(10)8-21-3/h6,10-11,13H,5,7-9H2,1-4H3. The summed E-state index contributed by atoms with van der Waals surface area (Å²) in [4.78, 5) is 28.1. The van der Waals surface area contributed by atoms with Gasteiger partial charge in [0.25, 0.3) is 0 Å². The number of carbonyl (C=O) groups excluding carboxylic acids is 2. The molecule has 10 nitrogen and oxygen atoms in total. The molecule has 22 heavy (non-hydrogen) atoms. The fourth-order valence-electron chi connectivity index (χ4n) is 2.34. The van der Waals surface area contributed by atoms with E-state index in [1.807, 2.05) is 0 Å². The highest BCUT2D eigenvalue weighted by atomic mass is 16.5. The number of nitrogens with zero attached hydrogens (tertiary/aromatic N) is 3. The highest BCUT2D eigenvalue weighted by molar-refractivity contribution is 5.78. The predicted molar refractivity (Wildman–Crippen MR) is 75.2 cm³/mol. The molecule has 0 aromatic carbocycles. The van der Waals surface area contributed by atoms with Crippen LogP contribution in [-0.4, -0.2) is 94.8 Å². The van der Waals surface area contributed by atoms with Crippen molar-refractivity contribution in [2.45, 2.75) is 12.3 Å². The van der Waals surface area contributed by atoms with Crippen LogP contribution < -0.4 is 5.32 Å². The largest absolute Gasteiger partial charge is 0.369 e. The number of methoxy groups -OCH3 is 4. The Hall–Kier alpha value is -1.46. The van der Waals surface area contributed by atoms with Crippen molar-refractivity contribution in [1.82, 2.24) is 20.0 Å². The van der Waals surface area contributed by atoms with Gasteiger partial charge in [0.2, 0.25) is 6.41 Å². The molecule has 2 unspecified atom stereocenters. The molecule has 1 rings (SSSR count). The van der Waals surface area contributed by atoms with Gasteiger partial charge in [0.05, 0.1) is 6.73 Å². The zero-order valence-corrected chi connectivity index (χ0v) is 13.4. The number of urea groups is 1. The van der Waals surface area contributed by atoms with Crippen LogP contribution in [0.5, 0.6) is 0 Å². The molecule has 0 bridgehead atoms. The maximum Gasteiger partial charge on any atom is 0.326 e. The topological polar surface area (TPSA) is 92.8 Å². The molecule has 10 heteroatoms. The smallest absolute Gasteiger partial charge is 0.326 e. The minimum absolute atomic E-state index is 0.0307. The Morgan fingerprint density at radius 2 is 1.73 bits per heavy atom. The van der Waals surface area contributed by atoms with Crippen LogP contribution in [0, 0.1) is 0 Å². The molecule has 1 N–H and O–H groups in total. The summed E-state index contributed by atoms with van der Waals surface area (Å²) in [6, 6.07) is -0.315. The van der Waals surface area contributed by atoms with E-state index >= 15 is 0 Å². The van der Waals surface area contributed by atoms with Gasteiger partial charge in [0.1, 0.15) is 32.5 Å². The first-order chi connectivity index (χ1) is 10.7. The lowest BCUT2D eigenvalue weighted by Gasteiger charge is -2.34. The Kier molecular flexibility index (Phi) is 8.06. The fraction of sp³-hybridized carbons (Fsp3) is 0.833. The molecule has 1 fully saturated rings. The number of nitrogens with one attached hydrogen (secondary N) is 1. The molecule has 0 radical (unpaired) electrons. The van der Waals surface area contributed by atoms with Gasteiger partial charge < -0.3 is 18.9 Å². The third-order valence-corrected chi connectivity index (χ3v) is 3.16. The number of rotatable bonds is 11. The van der Waals surface area contributed by atoms with Crippen LogP contribution >= 0.6 is 0 Å². The molecule has 3 amide bonds. The van der Waals surface area contributed by atoms with Crippen LogP contribution in [0.2, 0.25) is 0 Å². The molecule has 0 aromatic rings. The Morgan fingerprint density at radius 1 is 1.09 bits per heavy atom. The lowest BCUT2D eigenvalue weighted by Crippen LogP contribution is -2.57. The molecule has 1 saturated heterocycles. The van der Waals surface area contributed by atoms with Gasteiger partial charge in [0.15, 0.2) is 0 Å². The Labute approximate surface area is 129 Å². The SMILES string of the molecule is COCNC1C(N(C=O)COC)N(COC)C(=O)N1COC. The van der Waals surface area contributed by atoms with Gasteiger partial charge in [-0.2, -0.15) is 0 Å². The molecule has 1 aliphatic heterocycles. The highest BCUT2D eigenvalue weighted by Gasteiger charge is 2.48. The Bertz CT molecular complexity index is 359. The summed E-state index contributed by atoms with van der Waals surface area (Å²) in [6.45, 7) is 0.336. The van der Waals surface area contributed by atoms with Gasteiger partial charge in [-0.25, -0.2) is 4.79 Å². The van der Waals surface area contributed by atoms with Gasteiger partial charge >= 0.3 is 6.03 Å². The quantitative estimate of drug-likeness (QED) is 0.379. The van der Waals surface area contributed by atoms with E-state index < -0.39 is 12.3 Å². The normalized spacial score (nSPS) is 21.5. The zero-order chi connectivity index (χ0) is 16.5. The van der Waals surface area contributed by atoms with E-state index in [-0.39, 0.29) is 33.0 Å². The molecule has 2 atom stereocenters. The van der Waals surface area contributed by atoms with Gasteiger partial charge in [-0.3, -0.25) is 24.8 Å².